The predicted molar refractivity (Wildman–Crippen MR) is 60.4 cm³/mol. The van der Waals surface area contributed by atoms with Crippen LogP contribution in [0.3, 0.4) is 0 Å². The molecule has 0 atom stereocenters. The van der Waals surface area contributed by atoms with Gasteiger partial charge >= 0.3 is 17.9 Å². The fourth-order valence-electron chi connectivity index (χ4n) is 0. The van der Waals surface area contributed by atoms with Crippen molar-refractivity contribution < 1.29 is 29.7 Å². The highest BCUT2D eigenvalue weighted by Gasteiger charge is 1.81. The van der Waals surface area contributed by atoms with Crippen molar-refractivity contribution in [2.24, 2.45) is 0 Å². The van der Waals surface area contributed by atoms with Gasteiger partial charge in [0.05, 0.1) is 0 Å². The summed E-state index contributed by atoms with van der Waals surface area (Å²) in [4.78, 5) is 28.0. The normalized spacial score (nSPS) is 6.62. The number of carbonyl (C=O) groups is 3. The Kier molecular flexibility index (Phi) is 28.0. The molecule has 0 saturated heterocycles. The molecule has 0 heterocycles. The van der Waals surface area contributed by atoms with Crippen molar-refractivity contribution in [2.45, 2.75) is 34.1 Å². The van der Waals surface area contributed by atoms with E-state index in [1.54, 1.807) is 13.8 Å². The minimum Gasteiger partial charge on any atom is -0.481 e. The van der Waals surface area contributed by atoms with Crippen molar-refractivity contribution in [3.8, 4) is 0 Å². The monoisotopic (exact) mass is 236 g/mol. The Labute approximate surface area is 95.2 Å². The van der Waals surface area contributed by atoms with E-state index in [9.17, 15) is 14.4 Å². The Morgan fingerprint density at radius 2 is 1.12 bits per heavy atom. The lowest BCUT2D eigenvalue weighted by molar-refractivity contribution is -0.137. The van der Waals surface area contributed by atoms with E-state index in [4.69, 9.17) is 15.3 Å². The Morgan fingerprint density at radius 3 is 1.12 bits per heavy atom. The zero-order chi connectivity index (χ0) is 12.9. The zero-order valence-electron chi connectivity index (χ0n) is 8.77. The molecule has 3 N–H and O–H groups in total. The van der Waals surface area contributed by atoms with Crippen LogP contribution in [0.5, 0.6) is 0 Å². The first-order chi connectivity index (χ1) is 6.81. The minimum absolute atomic E-state index is 0. The Balaban J connectivity index is -0.0000000655. The number of aliphatic carboxylic acids is 3. The van der Waals surface area contributed by atoms with Crippen LogP contribution in [0.1, 0.15) is 34.1 Å². The van der Waals surface area contributed by atoms with Crippen LogP contribution >= 0.6 is 0 Å². The molecular formula is C10H20O6. The van der Waals surface area contributed by atoms with E-state index in [0.717, 1.165) is 6.08 Å². The SMILES string of the molecule is C.C=CC(=O)O.CCC(=O)O.CCC(=O)O. The summed E-state index contributed by atoms with van der Waals surface area (Å²) in [5.74, 6) is -2.47. The second-order valence-electron chi connectivity index (χ2n) is 2.04. The van der Waals surface area contributed by atoms with E-state index in [2.05, 4.69) is 6.58 Å². The molecule has 0 aliphatic carbocycles. The smallest absolute Gasteiger partial charge is 0.327 e. The van der Waals surface area contributed by atoms with Gasteiger partial charge in [0.15, 0.2) is 0 Å². The first-order valence-electron chi connectivity index (χ1n) is 4.10. The molecule has 0 spiro atoms. The number of carboxylic acid groups (broad SMARTS) is 3. The van der Waals surface area contributed by atoms with Crippen LogP contribution in [0.4, 0.5) is 0 Å². The van der Waals surface area contributed by atoms with Gasteiger partial charge in [-0.3, -0.25) is 9.59 Å². The summed E-state index contributed by atoms with van der Waals surface area (Å²) in [5, 5.41) is 23.0. The van der Waals surface area contributed by atoms with Gasteiger partial charge in [0.2, 0.25) is 0 Å². The maximum atomic E-state index is 9.37. The molecule has 6 nitrogen and oxygen atoms in total. The molecule has 6 heteroatoms. The molecule has 0 rings (SSSR count). The van der Waals surface area contributed by atoms with E-state index < -0.39 is 17.9 Å². The lowest BCUT2D eigenvalue weighted by Crippen LogP contribution is -1.86. The molecule has 0 aliphatic rings. The van der Waals surface area contributed by atoms with E-state index in [-0.39, 0.29) is 20.3 Å². The fraction of sp³-hybridized carbons (Fsp3) is 0.500. The van der Waals surface area contributed by atoms with Gasteiger partial charge in [-0.05, 0) is 0 Å². The first-order valence-corrected chi connectivity index (χ1v) is 4.10. The van der Waals surface area contributed by atoms with Crippen LogP contribution in [0, 0.1) is 0 Å². The van der Waals surface area contributed by atoms with Crippen LogP contribution in [0.25, 0.3) is 0 Å². The molecule has 0 radical (unpaired) electrons. The predicted octanol–water partition coefficient (Wildman–Crippen LogP) is 1.86. The molecule has 0 unspecified atom stereocenters. The highest BCUT2D eigenvalue weighted by atomic mass is 16.4. The second kappa shape index (κ2) is 18.8. The van der Waals surface area contributed by atoms with Crippen molar-refractivity contribution in [3.05, 3.63) is 12.7 Å². The molecule has 0 bridgehead atoms. The minimum atomic E-state index is -0.981. The Morgan fingerprint density at radius 1 is 1.00 bits per heavy atom. The number of rotatable bonds is 3. The summed E-state index contributed by atoms with van der Waals surface area (Å²) < 4.78 is 0. The van der Waals surface area contributed by atoms with Gasteiger partial charge in [-0.2, -0.15) is 0 Å². The summed E-state index contributed by atoms with van der Waals surface area (Å²) in [5.41, 5.74) is 0. The average Bonchev–Trinajstić information content (AvgIpc) is 2.19. The van der Waals surface area contributed by atoms with E-state index in [0.29, 0.717) is 0 Å². The molecule has 0 fully saturated rings. The third kappa shape index (κ3) is 87.7. The molecule has 96 valence electrons. The molecule has 16 heavy (non-hydrogen) atoms. The van der Waals surface area contributed by atoms with Gasteiger partial charge in [-0.15, -0.1) is 0 Å². The van der Waals surface area contributed by atoms with Crippen LogP contribution in [-0.4, -0.2) is 33.2 Å². The number of hydrogen-bond donors (Lipinski definition) is 3. The van der Waals surface area contributed by atoms with E-state index in [1.807, 2.05) is 0 Å². The number of carboxylic acids is 3. The van der Waals surface area contributed by atoms with Gasteiger partial charge in [0.25, 0.3) is 0 Å². The molecule has 0 aromatic carbocycles. The van der Waals surface area contributed by atoms with E-state index >= 15 is 0 Å². The third-order valence-corrected chi connectivity index (χ3v) is 0.780. The summed E-state index contributed by atoms with van der Waals surface area (Å²) in [6.07, 6.45) is 1.28. The van der Waals surface area contributed by atoms with Crippen molar-refractivity contribution in [2.75, 3.05) is 0 Å². The molecular weight excluding hydrogens is 216 g/mol. The maximum Gasteiger partial charge on any atom is 0.327 e. The summed E-state index contributed by atoms with van der Waals surface area (Å²) in [6.45, 7) is 6.16. The second-order valence-corrected chi connectivity index (χ2v) is 2.04. The Bertz CT molecular complexity index is 195. The van der Waals surface area contributed by atoms with Crippen LogP contribution in [0.2, 0.25) is 0 Å². The summed E-state index contributed by atoms with van der Waals surface area (Å²) >= 11 is 0. The molecule has 0 saturated carbocycles. The van der Waals surface area contributed by atoms with Crippen LogP contribution in [-0.2, 0) is 14.4 Å². The van der Waals surface area contributed by atoms with Gasteiger partial charge in [0.1, 0.15) is 0 Å². The summed E-state index contributed by atoms with van der Waals surface area (Å²) in [6, 6.07) is 0. The molecule has 0 aliphatic heterocycles. The highest BCUT2D eigenvalue weighted by Crippen LogP contribution is 1.67. The van der Waals surface area contributed by atoms with E-state index in [1.165, 1.54) is 0 Å². The molecule has 0 aromatic heterocycles. The average molecular weight is 236 g/mol. The lowest BCUT2D eigenvalue weighted by atomic mass is 10.5. The van der Waals surface area contributed by atoms with Crippen molar-refractivity contribution in [1.29, 1.82) is 0 Å². The van der Waals surface area contributed by atoms with Crippen LogP contribution in [0.15, 0.2) is 12.7 Å². The third-order valence-electron chi connectivity index (χ3n) is 0.780. The fourth-order valence-corrected chi connectivity index (χ4v) is 0. The molecule has 0 amide bonds. The Hall–Kier alpha value is -1.85. The van der Waals surface area contributed by atoms with Gasteiger partial charge < -0.3 is 15.3 Å². The quantitative estimate of drug-likeness (QED) is 0.645. The topological polar surface area (TPSA) is 112 Å². The number of hydrogen-bond acceptors (Lipinski definition) is 3. The first kappa shape index (κ1) is 23.8. The van der Waals surface area contributed by atoms with Gasteiger partial charge in [-0.1, -0.05) is 27.9 Å². The standard InChI is InChI=1S/2C3H6O2.C3H4O2.CH4/c3*1-2-3(4)5;/h2*2H2,1H3,(H,4,5);2H,1H2,(H,4,5);1H4. The molecule has 0 aromatic rings. The van der Waals surface area contributed by atoms with Crippen molar-refractivity contribution >= 4 is 17.9 Å². The highest BCUT2D eigenvalue weighted by molar-refractivity contribution is 5.78. The maximum absolute atomic E-state index is 9.37. The van der Waals surface area contributed by atoms with Crippen molar-refractivity contribution in [3.63, 3.8) is 0 Å². The largest absolute Gasteiger partial charge is 0.481 e. The van der Waals surface area contributed by atoms with Crippen LogP contribution < -0.4 is 0 Å². The lowest BCUT2D eigenvalue weighted by Gasteiger charge is -1.71. The summed E-state index contributed by atoms with van der Waals surface area (Å²) in [7, 11) is 0. The van der Waals surface area contributed by atoms with Gasteiger partial charge in [-0.25, -0.2) is 4.79 Å². The zero-order valence-corrected chi connectivity index (χ0v) is 8.77. The van der Waals surface area contributed by atoms with Crippen molar-refractivity contribution in [1.82, 2.24) is 0 Å². The van der Waals surface area contributed by atoms with Gasteiger partial charge in [0, 0.05) is 18.9 Å².